The number of piperazine rings is 1. The summed E-state index contributed by atoms with van der Waals surface area (Å²) in [5, 5.41) is 3.32. The van der Waals surface area contributed by atoms with Crippen LogP contribution in [0.25, 0.3) is 0 Å². The van der Waals surface area contributed by atoms with Gasteiger partial charge in [-0.05, 0) is 17.7 Å². The first-order valence-corrected chi connectivity index (χ1v) is 8.03. The van der Waals surface area contributed by atoms with Crippen molar-refractivity contribution in [1.82, 2.24) is 15.2 Å². The van der Waals surface area contributed by atoms with Crippen LogP contribution in [0.4, 0.5) is 0 Å². The Morgan fingerprint density at radius 2 is 2.11 bits per heavy atom. The largest absolute Gasteiger partial charge is 0.310 e. The highest BCUT2D eigenvalue weighted by Crippen LogP contribution is 2.22. The van der Waals surface area contributed by atoms with Gasteiger partial charge in [0.1, 0.15) is 0 Å². The maximum absolute atomic E-state index is 11.7. The maximum Gasteiger partial charge on any atom is 0.153 e. The fourth-order valence-corrected chi connectivity index (χ4v) is 4.85. The third-order valence-corrected chi connectivity index (χ3v) is 5.45. The molecule has 5 nitrogen and oxygen atoms in total. The molecule has 0 aromatic carbocycles. The topological polar surface area (TPSA) is 62.3 Å². The van der Waals surface area contributed by atoms with E-state index in [9.17, 15) is 8.42 Å². The van der Waals surface area contributed by atoms with Gasteiger partial charge in [0, 0.05) is 44.1 Å². The second-order valence-electron chi connectivity index (χ2n) is 5.03. The number of aromatic nitrogens is 1. The van der Waals surface area contributed by atoms with Crippen LogP contribution in [0, 0.1) is 0 Å². The van der Waals surface area contributed by atoms with Crippen molar-refractivity contribution >= 4 is 9.84 Å². The normalized spacial score (nSPS) is 31.1. The predicted octanol–water partition coefficient (Wildman–Crippen LogP) is -0.348. The van der Waals surface area contributed by atoms with E-state index < -0.39 is 9.84 Å². The Kier molecular flexibility index (Phi) is 3.09. The summed E-state index contributed by atoms with van der Waals surface area (Å²) in [7, 11) is -2.87. The summed E-state index contributed by atoms with van der Waals surface area (Å²) in [4.78, 5) is 6.28. The summed E-state index contributed by atoms with van der Waals surface area (Å²) < 4.78 is 23.4. The first-order chi connectivity index (χ1) is 8.64. The number of pyridine rings is 1. The van der Waals surface area contributed by atoms with E-state index in [0.29, 0.717) is 0 Å². The Bertz CT molecular complexity index is 517. The molecule has 2 aliphatic rings. The van der Waals surface area contributed by atoms with E-state index in [1.165, 1.54) is 5.56 Å². The third-order valence-electron chi connectivity index (χ3n) is 3.73. The van der Waals surface area contributed by atoms with Crippen LogP contribution in [-0.2, 0) is 16.4 Å². The van der Waals surface area contributed by atoms with E-state index in [2.05, 4.69) is 15.2 Å². The number of nitrogens with one attached hydrogen (secondary N) is 1. The van der Waals surface area contributed by atoms with E-state index in [4.69, 9.17) is 0 Å². The van der Waals surface area contributed by atoms with Crippen molar-refractivity contribution in [2.45, 2.75) is 18.6 Å². The number of fused-ring (bicyclic) bond motifs is 1. The van der Waals surface area contributed by atoms with Gasteiger partial charge in [-0.3, -0.25) is 9.88 Å². The average molecular weight is 267 g/mol. The molecule has 1 N–H and O–H groups in total. The molecular formula is C12H17N3O2S. The van der Waals surface area contributed by atoms with Gasteiger partial charge < -0.3 is 5.32 Å². The van der Waals surface area contributed by atoms with E-state index >= 15 is 0 Å². The molecule has 0 bridgehead atoms. The van der Waals surface area contributed by atoms with Gasteiger partial charge in [0.25, 0.3) is 0 Å². The van der Waals surface area contributed by atoms with E-state index in [-0.39, 0.29) is 23.6 Å². The van der Waals surface area contributed by atoms with Gasteiger partial charge in [0.2, 0.25) is 0 Å². The molecule has 0 unspecified atom stereocenters. The Morgan fingerprint density at radius 3 is 2.89 bits per heavy atom. The molecule has 1 aromatic rings. The molecule has 2 saturated heterocycles. The molecule has 2 aliphatic heterocycles. The van der Waals surface area contributed by atoms with Crippen molar-refractivity contribution in [3.8, 4) is 0 Å². The van der Waals surface area contributed by atoms with Crippen molar-refractivity contribution < 1.29 is 8.42 Å². The number of rotatable bonds is 2. The SMILES string of the molecule is O=S1(=O)C[C@@H]2NCCN(Cc3ccncc3)[C@@H]2C1. The third kappa shape index (κ3) is 2.41. The van der Waals surface area contributed by atoms with Crippen molar-refractivity contribution in [3.05, 3.63) is 30.1 Å². The van der Waals surface area contributed by atoms with E-state index in [1.54, 1.807) is 12.4 Å². The van der Waals surface area contributed by atoms with Crippen LogP contribution >= 0.6 is 0 Å². The van der Waals surface area contributed by atoms with Gasteiger partial charge in [-0.25, -0.2) is 8.42 Å². The zero-order valence-electron chi connectivity index (χ0n) is 10.1. The highest BCUT2D eigenvalue weighted by Gasteiger charge is 2.42. The Balaban J connectivity index is 1.76. The summed E-state index contributed by atoms with van der Waals surface area (Å²) in [6, 6.07) is 4.20. The second kappa shape index (κ2) is 4.60. The van der Waals surface area contributed by atoms with Gasteiger partial charge in [-0.2, -0.15) is 0 Å². The molecular weight excluding hydrogens is 250 g/mol. The zero-order valence-corrected chi connectivity index (χ0v) is 10.9. The summed E-state index contributed by atoms with van der Waals surface area (Å²) in [5.74, 6) is 0.570. The van der Waals surface area contributed by atoms with Gasteiger partial charge in [0.15, 0.2) is 9.84 Å². The monoisotopic (exact) mass is 267 g/mol. The molecule has 0 spiro atoms. The zero-order chi connectivity index (χ0) is 12.6. The first-order valence-electron chi connectivity index (χ1n) is 6.21. The minimum atomic E-state index is -2.87. The molecule has 98 valence electrons. The Hall–Kier alpha value is -0.980. The van der Waals surface area contributed by atoms with Crippen molar-refractivity contribution in [2.24, 2.45) is 0 Å². The van der Waals surface area contributed by atoms with Gasteiger partial charge >= 0.3 is 0 Å². The highest BCUT2D eigenvalue weighted by molar-refractivity contribution is 7.91. The summed E-state index contributed by atoms with van der Waals surface area (Å²) >= 11 is 0. The molecule has 0 amide bonds. The predicted molar refractivity (Wildman–Crippen MR) is 68.9 cm³/mol. The smallest absolute Gasteiger partial charge is 0.153 e. The van der Waals surface area contributed by atoms with Crippen molar-refractivity contribution in [1.29, 1.82) is 0 Å². The highest BCUT2D eigenvalue weighted by atomic mass is 32.2. The lowest BCUT2D eigenvalue weighted by Crippen LogP contribution is -2.56. The van der Waals surface area contributed by atoms with Crippen LogP contribution in [-0.4, -0.2) is 55.0 Å². The lowest BCUT2D eigenvalue weighted by Gasteiger charge is -2.37. The molecule has 3 heterocycles. The summed E-state index contributed by atoms with van der Waals surface area (Å²) in [6.45, 7) is 2.57. The molecule has 0 aliphatic carbocycles. The van der Waals surface area contributed by atoms with Crippen molar-refractivity contribution in [2.75, 3.05) is 24.6 Å². The quantitative estimate of drug-likeness (QED) is 0.794. The van der Waals surface area contributed by atoms with E-state index in [0.717, 1.165) is 19.6 Å². The van der Waals surface area contributed by atoms with Crippen LogP contribution in [0.15, 0.2) is 24.5 Å². The lowest BCUT2D eigenvalue weighted by molar-refractivity contribution is 0.141. The average Bonchev–Trinajstić information content (AvgIpc) is 2.66. The maximum atomic E-state index is 11.7. The van der Waals surface area contributed by atoms with E-state index in [1.807, 2.05) is 12.1 Å². The molecule has 18 heavy (non-hydrogen) atoms. The molecule has 0 radical (unpaired) electrons. The lowest BCUT2D eigenvalue weighted by atomic mass is 10.1. The van der Waals surface area contributed by atoms with Crippen LogP contribution in [0.5, 0.6) is 0 Å². The number of nitrogens with zero attached hydrogens (tertiary/aromatic N) is 2. The summed E-state index contributed by atoms with van der Waals surface area (Å²) in [5.41, 5.74) is 1.19. The van der Waals surface area contributed by atoms with Crippen LogP contribution in [0.3, 0.4) is 0 Å². The Labute approximate surface area is 107 Å². The molecule has 2 fully saturated rings. The minimum Gasteiger partial charge on any atom is -0.310 e. The molecule has 6 heteroatoms. The molecule has 1 aromatic heterocycles. The van der Waals surface area contributed by atoms with Gasteiger partial charge in [-0.1, -0.05) is 0 Å². The molecule has 0 saturated carbocycles. The Morgan fingerprint density at radius 1 is 1.33 bits per heavy atom. The number of hydrogen-bond donors (Lipinski definition) is 1. The van der Waals surface area contributed by atoms with Gasteiger partial charge in [0.05, 0.1) is 11.5 Å². The standard InChI is InChI=1S/C12H17N3O2S/c16-18(17)8-11-12(9-18)15(6-5-14-11)7-10-1-3-13-4-2-10/h1-4,11-12,14H,5-9H2/t11-,12+/m0/s1. The first kappa shape index (κ1) is 12.1. The van der Waals surface area contributed by atoms with Crippen LogP contribution in [0.1, 0.15) is 5.56 Å². The van der Waals surface area contributed by atoms with Gasteiger partial charge in [-0.15, -0.1) is 0 Å². The van der Waals surface area contributed by atoms with Crippen LogP contribution < -0.4 is 5.32 Å². The molecule has 2 atom stereocenters. The second-order valence-corrected chi connectivity index (χ2v) is 7.18. The number of hydrogen-bond acceptors (Lipinski definition) is 5. The minimum absolute atomic E-state index is 0.102. The number of sulfone groups is 1. The van der Waals surface area contributed by atoms with Crippen molar-refractivity contribution in [3.63, 3.8) is 0 Å². The molecule has 3 rings (SSSR count). The fourth-order valence-electron chi connectivity index (χ4n) is 2.86. The summed E-state index contributed by atoms with van der Waals surface area (Å²) in [6.07, 6.45) is 3.56. The van der Waals surface area contributed by atoms with Crippen LogP contribution in [0.2, 0.25) is 0 Å². The fraction of sp³-hybridized carbons (Fsp3) is 0.583.